The second-order valence-electron chi connectivity index (χ2n) is 11.7. The van der Waals surface area contributed by atoms with Crippen LogP contribution in [0.1, 0.15) is 78.6 Å². The van der Waals surface area contributed by atoms with Crippen LogP contribution in [0.25, 0.3) is 0 Å². The van der Waals surface area contributed by atoms with Crippen molar-refractivity contribution in [3.8, 4) is 0 Å². The van der Waals surface area contributed by atoms with Gasteiger partial charge in [-0.25, -0.2) is 11.0 Å². The van der Waals surface area contributed by atoms with Gasteiger partial charge in [0.2, 0.25) is 0 Å². The summed E-state index contributed by atoms with van der Waals surface area (Å²) in [5, 5.41) is 5.26. The highest BCUT2D eigenvalue weighted by Crippen LogP contribution is 2.68. The minimum Gasteiger partial charge on any atom is -0.386 e. The molecule has 176 valence electrons. The molecule has 0 aromatic heterocycles. The van der Waals surface area contributed by atoms with E-state index >= 15 is 0 Å². The second-order valence-corrected chi connectivity index (χ2v) is 11.7. The molecule has 4 aliphatic rings. The van der Waals surface area contributed by atoms with E-state index in [1.165, 1.54) is 50.1 Å². The Morgan fingerprint density at radius 1 is 1.13 bits per heavy atom. The number of hydrogen-bond donors (Lipinski definition) is 2. The SMILES string of the molecule is COCC12CCC(C)CC1CCC1C2CCC2(C)C1CC[C@@H]2C(=O)CN(N)/N=C(/C)N. The molecule has 0 spiro atoms. The Kier molecular flexibility index (Phi) is 6.43. The van der Waals surface area contributed by atoms with E-state index in [0.29, 0.717) is 17.2 Å². The molecule has 0 amide bonds. The summed E-state index contributed by atoms with van der Waals surface area (Å²) in [7, 11) is 1.90. The van der Waals surface area contributed by atoms with Gasteiger partial charge in [-0.2, -0.15) is 0 Å². The maximum Gasteiger partial charge on any atom is 0.159 e. The molecule has 8 atom stereocenters. The Labute approximate surface area is 188 Å². The largest absolute Gasteiger partial charge is 0.386 e. The average Bonchev–Trinajstić information content (AvgIpc) is 3.05. The zero-order valence-corrected chi connectivity index (χ0v) is 20.1. The van der Waals surface area contributed by atoms with Gasteiger partial charge < -0.3 is 10.5 Å². The number of carbonyl (C=O) groups excluding carboxylic acids is 1. The number of amidine groups is 1. The van der Waals surface area contributed by atoms with Gasteiger partial charge in [0.1, 0.15) is 12.4 Å². The van der Waals surface area contributed by atoms with Crippen LogP contribution in [0.5, 0.6) is 0 Å². The van der Waals surface area contributed by atoms with Crippen molar-refractivity contribution in [1.82, 2.24) is 5.12 Å². The lowest BCUT2D eigenvalue weighted by atomic mass is 9.44. The first-order valence-electron chi connectivity index (χ1n) is 12.6. The standard InChI is InChI=1S/C25H44N4O2/c1-16-9-12-25(15-31-4)18(13-16)5-6-19-20-7-8-22(24(20,3)11-10-21(19)25)23(30)14-29(27)28-17(2)26/h16,18-22H,5-15,27H2,1-4H3,(H2,26,28)/t16?,18?,19?,20?,21?,22-,24?,25?/m1/s1. The topological polar surface area (TPSA) is 93.9 Å². The van der Waals surface area contributed by atoms with Gasteiger partial charge in [0.05, 0.1) is 6.61 Å². The van der Waals surface area contributed by atoms with Crippen LogP contribution in [-0.2, 0) is 9.53 Å². The summed E-state index contributed by atoms with van der Waals surface area (Å²) in [6.45, 7) is 7.61. The first-order chi connectivity index (χ1) is 14.7. The first-order valence-corrected chi connectivity index (χ1v) is 12.6. The lowest BCUT2D eigenvalue weighted by Crippen LogP contribution is -2.56. The molecule has 4 N–H and O–H groups in total. The van der Waals surface area contributed by atoms with Gasteiger partial charge in [-0.15, -0.1) is 5.10 Å². The Balaban J connectivity index is 1.53. The van der Waals surface area contributed by atoms with Gasteiger partial charge in [-0.05, 0) is 98.7 Å². The van der Waals surface area contributed by atoms with Crippen LogP contribution >= 0.6 is 0 Å². The molecule has 0 heterocycles. The number of fused-ring (bicyclic) bond motifs is 5. The Morgan fingerprint density at radius 2 is 1.90 bits per heavy atom. The molecular weight excluding hydrogens is 388 g/mol. The van der Waals surface area contributed by atoms with Crippen molar-refractivity contribution in [3.63, 3.8) is 0 Å². The van der Waals surface area contributed by atoms with Crippen molar-refractivity contribution in [2.45, 2.75) is 78.6 Å². The highest BCUT2D eigenvalue weighted by Gasteiger charge is 2.62. The number of carbonyl (C=O) groups is 1. The fraction of sp³-hybridized carbons (Fsp3) is 0.920. The van der Waals surface area contributed by atoms with Gasteiger partial charge in [-0.1, -0.05) is 20.3 Å². The molecule has 6 heteroatoms. The molecule has 6 nitrogen and oxygen atoms in total. The molecule has 0 aliphatic heterocycles. The smallest absolute Gasteiger partial charge is 0.159 e. The van der Waals surface area contributed by atoms with E-state index in [1.54, 1.807) is 6.92 Å². The fourth-order valence-corrected chi connectivity index (χ4v) is 8.85. The number of hydrazone groups is 1. The number of hydrogen-bond acceptors (Lipinski definition) is 5. The van der Waals surface area contributed by atoms with Crippen LogP contribution in [-0.4, -0.2) is 37.0 Å². The summed E-state index contributed by atoms with van der Waals surface area (Å²) in [6, 6.07) is 0. The minimum atomic E-state index is 0.0975. The predicted octanol–water partition coefficient (Wildman–Crippen LogP) is 3.94. The third-order valence-corrected chi connectivity index (χ3v) is 10.0. The monoisotopic (exact) mass is 432 g/mol. The Bertz CT molecular complexity index is 708. The highest BCUT2D eigenvalue weighted by molar-refractivity contribution is 5.84. The van der Waals surface area contributed by atoms with E-state index in [0.717, 1.165) is 43.1 Å². The number of ketones is 1. The lowest BCUT2D eigenvalue weighted by Gasteiger charge is -2.62. The molecule has 31 heavy (non-hydrogen) atoms. The summed E-state index contributed by atoms with van der Waals surface area (Å²) >= 11 is 0. The van der Waals surface area contributed by atoms with Gasteiger partial charge in [0.25, 0.3) is 0 Å². The van der Waals surface area contributed by atoms with Crippen LogP contribution < -0.4 is 11.6 Å². The number of nitrogens with zero attached hydrogens (tertiary/aromatic N) is 2. The zero-order chi connectivity index (χ0) is 22.4. The van der Waals surface area contributed by atoms with Gasteiger partial charge in [0.15, 0.2) is 5.78 Å². The molecule has 4 aliphatic carbocycles. The molecule has 0 aromatic rings. The van der Waals surface area contributed by atoms with Crippen LogP contribution in [0.3, 0.4) is 0 Å². The third kappa shape index (κ3) is 3.92. The summed E-state index contributed by atoms with van der Waals surface area (Å²) in [4.78, 5) is 13.2. The number of nitrogens with two attached hydrogens (primary N) is 2. The van der Waals surface area contributed by atoms with Crippen LogP contribution in [0.2, 0.25) is 0 Å². The van der Waals surface area contributed by atoms with E-state index in [9.17, 15) is 4.79 Å². The summed E-state index contributed by atoms with van der Waals surface area (Å²) in [5.41, 5.74) is 6.10. The Hall–Kier alpha value is -1.14. The number of rotatable bonds is 6. The number of methoxy groups -OCH3 is 1. The van der Waals surface area contributed by atoms with Crippen LogP contribution in [0.15, 0.2) is 5.10 Å². The van der Waals surface area contributed by atoms with Crippen molar-refractivity contribution in [2.24, 2.45) is 63.0 Å². The first kappa shape index (κ1) is 23.0. The molecule has 4 rings (SSSR count). The van der Waals surface area contributed by atoms with E-state index in [2.05, 4.69) is 18.9 Å². The molecule has 4 saturated carbocycles. The van der Waals surface area contributed by atoms with Gasteiger partial charge in [-0.3, -0.25) is 4.79 Å². The average molecular weight is 433 g/mol. The van der Waals surface area contributed by atoms with Crippen molar-refractivity contribution < 1.29 is 9.53 Å². The van der Waals surface area contributed by atoms with Gasteiger partial charge in [0, 0.05) is 13.0 Å². The van der Waals surface area contributed by atoms with Crippen molar-refractivity contribution >= 4 is 11.6 Å². The van der Waals surface area contributed by atoms with E-state index in [4.69, 9.17) is 16.3 Å². The predicted molar refractivity (Wildman–Crippen MR) is 124 cm³/mol. The number of Topliss-reactive ketones (excluding diaryl/α,β-unsaturated/α-hetero) is 1. The van der Waals surface area contributed by atoms with Crippen molar-refractivity contribution in [2.75, 3.05) is 20.3 Å². The molecule has 4 fully saturated rings. The number of hydrazine groups is 1. The molecule has 0 saturated heterocycles. The molecular formula is C25H44N4O2. The van der Waals surface area contributed by atoms with Crippen LogP contribution in [0, 0.1) is 46.3 Å². The molecule has 0 radical (unpaired) electrons. The van der Waals surface area contributed by atoms with E-state index in [1.807, 2.05) is 7.11 Å². The summed E-state index contributed by atoms with van der Waals surface area (Å²) < 4.78 is 5.90. The minimum absolute atomic E-state index is 0.0975. The van der Waals surface area contributed by atoms with E-state index < -0.39 is 0 Å². The fourth-order valence-electron chi connectivity index (χ4n) is 8.85. The summed E-state index contributed by atoms with van der Waals surface area (Å²) in [5.74, 6) is 10.5. The van der Waals surface area contributed by atoms with Crippen molar-refractivity contribution in [1.29, 1.82) is 0 Å². The molecule has 0 aromatic carbocycles. The highest BCUT2D eigenvalue weighted by atomic mass is 16.5. The maximum absolute atomic E-state index is 13.2. The summed E-state index contributed by atoms with van der Waals surface area (Å²) in [6.07, 6.45) is 11.3. The second kappa shape index (κ2) is 8.66. The maximum atomic E-state index is 13.2. The van der Waals surface area contributed by atoms with Crippen LogP contribution in [0.4, 0.5) is 0 Å². The quantitative estimate of drug-likeness (QED) is 0.287. The van der Waals surface area contributed by atoms with E-state index in [-0.39, 0.29) is 23.7 Å². The molecule has 7 unspecified atom stereocenters. The van der Waals surface area contributed by atoms with Gasteiger partial charge >= 0.3 is 0 Å². The van der Waals surface area contributed by atoms with Crippen molar-refractivity contribution in [3.05, 3.63) is 0 Å². The lowest BCUT2D eigenvalue weighted by molar-refractivity contribution is -0.154. The zero-order valence-electron chi connectivity index (χ0n) is 20.1. The Morgan fingerprint density at radius 3 is 2.61 bits per heavy atom. The third-order valence-electron chi connectivity index (χ3n) is 10.0. The molecule has 0 bridgehead atoms. The number of ether oxygens (including phenoxy) is 1. The normalized spacial score (nSPS) is 44.9.